The van der Waals surface area contributed by atoms with Crippen LogP contribution < -0.4 is 19.7 Å². The Morgan fingerprint density at radius 2 is 1.79 bits per heavy atom. The van der Waals surface area contributed by atoms with E-state index in [-0.39, 0.29) is 5.91 Å². The van der Waals surface area contributed by atoms with Gasteiger partial charge in [-0.05, 0) is 36.4 Å². The van der Waals surface area contributed by atoms with E-state index in [1.165, 1.54) is 6.26 Å². The number of carbonyl (C=O) groups is 1. The average molecular weight is 460 g/mol. The molecule has 2 aromatic heterocycles. The van der Waals surface area contributed by atoms with Gasteiger partial charge in [0.1, 0.15) is 17.3 Å². The van der Waals surface area contributed by atoms with E-state index in [4.69, 9.17) is 23.9 Å². The van der Waals surface area contributed by atoms with Crippen LogP contribution in [0.2, 0.25) is 0 Å². The molecule has 0 spiro atoms. The second-order valence-corrected chi connectivity index (χ2v) is 7.84. The van der Waals surface area contributed by atoms with E-state index in [0.29, 0.717) is 55.2 Å². The van der Waals surface area contributed by atoms with Crippen LogP contribution in [0, 0.1) is 0 Å². The van der Waals surface area contributed by atoms with Crippen LogP contribution in [0.1, 0.15) is 10.6 Å². The first-order valence-electron chi connectivity index (χ1n) is 11.0. The van der Waals surface area contributed by atoms with Crippen LogP contribution in [0.3, 0.4) is 0 Å². The van der Waals surface area contributed by atoms with Gasteiger partial charge in [-0.3, -0.25) is 4.79 Å². The van der Waals surface area contributed by atoms with Crippen molar-refractivity contribution in [3.63, 3.8) is 0 Å². The van der Waals surface area contributed by atoms with Crippen molar-refractivity contribution in [2.24, 2.45) is 0 Å². The number of methoxy groups -OCH3 is 2. The molecule has 3 heterocycles. The molecule has 0 atom stereocenters. The number of hydrogen-bond acceptors (Lipinski definition) is 8. The van der Waals surface area contributed by atoms with Crippen LogP contribution in [-0.2, 0) is 0 Å². The monoisotopic (exact) mass is 459 g/mol. The molecular formula is C25H25N5O4. The molecule has 1 saturated heterocycles. The van der Waals surface area contributed by atoms with Gasteiger partial charge in [-0.25, -0.2) is 4.98 Å². The SMILES string of the molecule is COc1ccc(Nc2nc(N3CCN(C(=O)c4ccco4)CC3)nc3ccccc23)c(OC)c1. The summed E-state index contributed by atoms with van der Waals surface area (Å²) in [5, 5.41) is 4.31. The van der Waals surface area contributed by atoms with E-state index in [1.807, 2.05) is 42.5 Å². The lowest BCUT2D eigenvalue weighted by Gasteiger charge is -2.34. The van der Waals surface area contributed by atoms with Crippen molar-refractivity contribution in [2.75, 3.05) is 50.6 Å². The van der Waals surface area contributed by atoms with Gasteiger partial charge in [0, 0.05) is 37.6 Å². The molecule has 1 aliphatic rings. The molecule has 34 heavy (non-hydrogen) atoms. The Labute approximate surface area is 196 Å². The largest absolute Gasteiger partial charge is 0.497 e. The molecule has 0 radical (unpaired) electrons. The Morgan fingerprint density at radius 3 is 2.53 bits per heavy atom. The maximum atomic E-state index is 12.6. The highest BCUT2D eigenvalue weighted by atomic mass is 16.5. The minimum atomic E-state index is -0.0990. The molecule has 1 amide bonds. The molecule has 1 fully saturated rings. The Hall–Kier alpha value is -4.27. The summed E-state index contributed by atoms with van der Waals surface area (Å²) >= 11 is 0. The number of para-hydroxylation sites is 1. The fourth-order valence-electron chi connectivity index (χ4n) is 4.00. The van der Waals surface area contributed by atoms with E-state index in [1.54, 1.807) is 31.3 Å². The lowest BCUT2D eigenvalue weighted by Crippen LogP contribution is -2.49. The molecule has 0 bridgehead atoms. The number of anilines is 3. The second-order valence-electron chi connectivity index (χ2n) is 7.84. The summed E-state index contributed by atoms with van der Waals surface area (Å²) in [5.74, 6) is 2.90. The number of rotatable bonds is 6. The van der Waals surface area contributed by atoms with Crippen molar-refractivity contribution in [1.82, 2.24) is 14.9 Å². The van der Waals surface area contributed by atoms with Gasteiger partial charge < -0.3 is 29.0 Å². The molecule has 4 aromatic rings. The first-order chi connectivity index (χ1) is 16.7. The first kappa shape index (κ1) is 21.6. The topological polar surface area (TPSA) is 93.0 Å². The minimum absolute atomic E-state index is 0.0990. The zero-order chi connectivity index (χ0) is 23.5. The average Bonchev–Trinajstić information content (AvgIpc) is 3.43. The van der Waals surface area contributed by atoms with Crippen molar-refractivity contribution in [1.29, 1.82) is 0 Å². The number of aromatic nitrogens is 2. The van der Waals surface area contributed by atoms with Crippen molar-refractivity contribution in [3.05, 3.63) is 66.6 Å². The Balaban J connectivity index is 1.41. The summed E-state index contributed by atoms with van der Waals surface area (Å²) < 4.78 is 16.1. The van der Waals surface area contributed by atoms with Crippen molar-refractivity contribution in [2.45, 2.75) is 0 Å². The van der Waals surface area contributed by atoms with Crippen LogP contribution in [0.25, 0.3) is 10.9 Å². The zero-order valence-corrected chi connectivity index (χ0v) is 19.0. The van der Waals surface area contributed by atoms with Gasteiger partial charge >= 0.3 is 0 Å². The quantitative estimate of drug-likeness (QED) is 0.463. The summed E-state index contributed by atoms with van der Waals surface area (Å²) in [6.45, 7) is 2.36. The van der Waals surface area contributed by atoms with Gasteiger partial charge in [0.15, 0.2) is 5.76 Å². The Kier molecular flexibility index (Phi) is 5.90. The van der Waals surface area contributed by atoms with E-state index in [9.17, 15) is 4.79 Å². The molecule has 0 aliphatic carbocycles. The van der Waals surface area contributed by atoms with Crippen LogP contribution in [-0.4, -0.2) is 61.2 Å². The van der Waals surface area contributed by atoms with Crippen molar-refractivity contribution in [3.8, 4) is 11.5 Å². The number of carbonyl (C=O) groups excluding carboxylic acids is 1. The molecule has 5 rings (SSSR count). The standard InChI is InChI=1S/C25H25N5O4/c1-32-17-9-10-20(22(16-17)33-2)26-23-18-6-3-4-7-19(18)27-25(28-23)30-13-11-29(12-14-30)24(31)21-8-5-15-34-21/h3-10,15-16H,11-14H2,1-2H3,(H,26,27,28). The molecule has 1 N–H and O–H groups in total. The number of nitrogens with zero attached hydrogens (tertiary/aromatic N) is 4. The number of fused-ring (bicyclic) bond motifs is 1. The Bertz CT molecular complexity index is 1300. The molecule has 2 aromatic carbocycles. The maximum absolute atomic E-state index is 12.6. The van der Waals surface area contributed by atoms with Gasteiger partial charge in [0.2, 0.25) is 5.95 Å². The fraction of sp³-hybridized carbons (Fsp3) is 0.240. The number of nitrogens with one attached hydrogen (secondary N) is 1. The van der Waals surface area contributed by atoms with Gasteiger partial charge in [-0.15, -0.1) is 0 Å². The van der Waals surface area contributed by atoms with Crippen LogP contribution in [0.15, 0.2) is 65.3 Å². The third-order valence-electron chi connectivity index (χ3n) is 5.83. The maximum Gasteiger partial charge on any atom is 0.289 e. The summed E-state index contributed by atoms with van der Waals surface area (Å²) in [6.07, 6.45) is 1.51. The molecule has 9 nitrogen and oxygen atoms in total. The highest BCUT2D eigenvalue weighted by Gasteiger charge is 2.25. The van der Waals surface area contributed by atoms with E-state index in [0.717, 1.165) is 16.6 Å². The van der Waals surface area contributed by atoms with Gasteiger partial charge in [0.05, 0.1) is 31.7 Å². The normalized spacial score (nSPS) is 13.7. The number of piperazine rings is 1. The number of ether oxygens (including phenoxy) is 2. The Morgan fingerprint density at radius 1 is 0.971 bits per heavy atom. The summed E-state index contributed by atoms with van der Waals surface area (Å²) in [5.41, 5.74) is 1.60. The predicted octanol–water partition coefficient (Wildman–Crippen LogP) is 3.95. The number of hydrogen-bond donors (Lipinski definition) is 1. The van der Waals surface area contributed by atoms with Gasteiger partial charge in [-0.1, -0.05) is 12.1 Å². The highest BCUT2D eigenvalue weighted by molar-refractivity contribution is 5.93. The van der Waals surface area contributed by atoms with Crippen LogP contribution in [0.5, 0.6) is 11.5 Å². The third-order valence-corrected chi connectivity index (χ3v) is 5.83. The van der Waals surface area contributed by atoms with Gasteiger partial charge in [0.25, 0.3) is 5.91 Å². The molecule has 174 valence electrons. The van der Waals surface area contributed by atoms with Crippen LogP contribution >= 0.6 is 0 Å². The number of furan rings is 1. The van der Waals surface area contributed by atoms with Crippen molar-refractivity contribution >= 4 is 34.3 Å². The number of amides is 1. The van der Waals surface area contributed by atoms with Crippen molar-refractivity contribution < 1.29 is 18.7 Å². The lowest BCUT2D eigenvalue weighted by molar-refractivity contribution is 0.0714. The number of benzene rings is 2. The molecule has 0 unspecified atom stereocenters. The minimum Gasteiger partial charge on any atom is -0.497 e. The fourth-order valence-corrected chi connectivity index (χ4v) is 4.00. The molecule has 9 heteroatoms. The van der Waals surface area contributed by atoms with E-state index >= 15 is 0 Å². The lowest BCUT2D eigenvalue weighted by atomic mass is 10.2. The summed E-state index contributed by atoms with van der Waals surface area (Å²) in [7, 11) is 3.24. The highest BCUT2D eigenvalue weighted by Crippen LogP contribution is 2.33. The zero-order valence-electron chi connectivity index (χ0n) is 19.0. The van der Waals surface area contributed by atoms with E-state index in [2.05, 4.69) is 10.2 Å². The molecule has 0 saturated carbocycles. The van der Waals surface area contributed by atoms with Gasteiger partial charge in [-0.2, -0.15) is 4.98 Å². The third kappa shape index (κ3) is 4.19. The first-order valence-corrected chi connectivity index (χ1v) is 11.0. The molecule has 1 aliphatic heterocycles. The summed E-state index contributed by atoms with van der Waals surface area (Å²) in [6, 6.07) is 16.9. The smallest absolute Gasteiger partial charge is 0.289 e. The predicted molar refractivity (Wildman–Crippen MR) is 129 cm³/mol. The van der Waals surface area contributed by atoms with Crippen LogP contribution in [0.4, 0.5) is 17.5 Å². The summed E-state index contributed by atoms with van der Waals surface area (Å²) in [4.78, 5) is 26.1. The molecular weight excluding hydrogens is 434 g/mol. The second kappa shape index (κ2) is 9.30. The van der Waals surface area contributed by atoms with E-state index < -0.39 is 0 Å².